The number of rotatable bonds is 4. The molecule has 122 valence electrons. The van der Waals surface area contributed by atoms with Crippen LogP contribution in [0.15, 0.2) is 53.4 Å². The average molecular weight is 359 g/mol. The van der Waals surface area contributed by atoms with Gasteiger partial charge in [-0.1, -0.05) is 48.0 Å². The fraction of sp³-hybridized carbons (Fsp3) is 0.111. The van der Waals surface area contributed by atoms with Gasteiger partial charge in [-0.05, 0) is 24.6 Å². The Morgan fingerprint density at radius 2 is 1.62 bits per heavy atom. The Bertz CT molecular complexity index is 915. The molecule has 1 heterocycles. The summed E-state index contributed by atoms with van der Waals surface area (Å²) in [5.41, 5.74) is 3.88. The molecule has 4 nitrogen and oxygen atoms in total. The van der Waals surface area contributed by atoms with Crippen molar-refractivity contribution in [1.82, 2.24) is 10.2 Å². The van der Waals surface area contributed by atoms with Gasteiger partial charge in [0, 0.05) is 38.6 Å². The van der Waals surface area contributed by atoms with Crippen LogP contribution in [0.25, 0.3) is 22.4 Å². The number of halogens is 1. The number of ketones is 1. The monoisotopic (exact) mass is 358 g/mol. The molecule has 0 spiro atoms. The summed E-state index contributed by atoms with van der Waals surface area (Å²) in [6, 6.07) is 14.6. The summed E-state index contributed by atoms with van der Waals surface area (Å²) in [6.45, 7) is 1.53. The number of aromatic nitrogens is 2. The van der Waals surface area contributed by atoms with E-state index in [9.17, 15) is 9.00 Å². The Morgan fingerprint density at radius 1 is 1.04 bits per heavy atom. The lowest BCUT2D eigenvalue weighted by Gasteiger charge is -2.05. The lowest BCUT2D eigenvalue weighted by Crippen LogP contribution is -1.91. The van der Waals surface area contributed by atoms with Crippen molar-refractivity contribution in [2.24, 2.45) is 0 Å². The van der Waals surface area contributed by atoms with Crippen LogP contribution in [-0.2, 0) is 10.8 Å². The highest BCUT2D eigenvalue weighted by Gasteiger charge is 2.16. The lowest BCUT2D eigenvalue weighted by atomic mass is 10.00. The minimum atomic E-state index is -1.02. The average Bonchev–Trinajstić information content (AvgIpc) is 2.96. The van der Waals surface area contributed by atoms with Crippen LogP contribution in [0, 0.1) is 0 Å². The molecular formula is C18H15ClN2O2S. The number of Topliss-reactive ketones (excluding diaryl/α,β-unsaturated/α-hetero) is 1. The molecule has 0 saturated carbocycles. The molecule has 0 aliphatic heterocycles. The van der Waals surface area contributed by atoms with E-state index in [0.717, 1.165) is 21.6 Å². The molecule has 0 bridgehead atoms. The molecule has 2 aromatic carbocycles. The third-order valence-corrected chi connectivity index (χ3v) is 4.97. The zero-order valence-electron chi connectivity index (χ0n) is 13.2. The first-order chi connectivity index (χ1) is 11.5. The summed E-state index contributed by atoms with van der Waals surface area (Å²) in [5.74, 6) is 0.0169. The standard InChI is InChI=1S/C18H15ClN2O2S/c1-11(22)12-3-5-13(6-4-12)16-17(20-21-18(16)19)14-7-9-15(10-8-14)24(2)23/h3-10H,1-2H3,(H,20,21). The van der Waals surface area contributed by atoms with E-state index < -0.39 is 10.8 Å². The lowest BCUT2D eigenvalue weighted by molar-refractivity contribution is 0.101. The van der Waals surface area contributed by atoms with Crippen LogP contribution in [0.3, 0.4) is 0 Å². The summed E-state index contributed by atoms with van der Waals surface area (Å²) in [7, 11) is -1.02. The van der Waals surface area contributed by atoms with Gasteiger partial charge in [-0.25, -0.2) is 0 Å². The van der Waals surface area contributed by atoms with Crippen molar-refractivity contribution in [1.29, 1.82) is 0 Å². The first kappa shape index (κ1) is 16.6. The van der Waals surface area contributed by atoms with E-state index in [1.54, 1.807) is 18.4 Å². The molecule has 1 atom stereocenters. The van der Waals surface area contributed by atoms with E-state index in [0.29, 0.717) is 16.4 Å². The van der Waals surface area contributed by atoms with Crippen molar-refractivity contribution >= 4 is 28.2 Å². The molecule has 1 N–H and O–H groups in total. The molecule has 1 aromatic heterocycles. The topological polar surface area (TPSA) is 62.8 Å². The molecule has 3 rings (SSSR count). The van der Waals surface area contributed by atoms with E-state index in [1.165, 1.54) is 6.92 Å². The maximum atomic E-state index is 11.5. The number of carbonyl (C=O) groups excluding carboxylic acids is 1. The second-order valence-electron chi connectivity index (χ2n) is 5.37. The molecular weight excluding hydrogens is 344 g/mol. The number of H-pyrrole nitrogens is 1. The number of carbonyl (C=O) groups is 1. The number of hydrogen-bond donors (Lipinski definition) is 1. The van der Waals surface area contributed by atoms with Crippen LogP contribution in [0.4, 0.5) is 0 Å². The fourth-order valence-corrected chi connectivity index (χ4v) is 3.23. The smallest absolute Gasteiger partial charge is 0.159 e. The summed E-state index contributed by atoms with van der Waals surface area (Å²) >= 11 is 6.28. The van der Waals surface area contributed by atoms with Gasteiger partial charge < -0.3 is 0 Å². The predicted molar refractivity (Wildman–Crippen MR) is 96.8 cm³/mol. The van der Waals surface area contributed by atoms with Gasteiger partial charge in [0.15, 0.2) is 5.78 Å². The Morgan fingerprint density at radius 3 is 2.17 bits per heavy atom. The molecule has 0 saturated heterocycles. The van der Waals surface area contributed by atoms with Gasteiger partial charge in [0.05, 0.1) is 0 Å². The molecule has 0 aliphatic rings. The van der Waals surface area contributed by atoms with Crippen molar-refractivity contribution in [2.75, 3.05) is 6.26 Å². The highest BCUT2D eigenvalue weighted by molar-refractivity contribution is 7.84. The van der Waals surface area contributed by atoms with Crippen LogP contribution >= 0.6 is 11.6 Å². The molecule has 24 heavy (non-hydrogen) atoms. The highest BCUT2D eigenvalue weighted by atomic mass is 35.5. The quantitative estimate of drug-likeness (QED) is 0.706. The van der Waals surface area contributed by atoms with Gasteiger partial charge in [-0.3, -0.25) is 14.1 Å². The molecule has 3 aromatic rings. The van der Waals surface area contributed by atoms with E-state index in [1.807, 2.05) is 36.4 Å². The second-order valence-corrected chi connectivity index (χ2v) is 7.13. The largest absolute Gasteiger partial charge is 0.295 e. The Labute approximate surface area is 147 Å². The zero-order valence-corrected chi connectivity index (χ0v) is 14.7. The van der Waals surface area contributed by atoms with Crippen molar-refractivity contribution in [3.8, 4) is 22.4 Å². The normalized spacial score (nSPS) is 12.1. The highest BCUT2D eigenvalue weighted by Crippen LogP contribution is 2.36. The maximum Gasteiger partial charge on any atom is 0.159 e. The van der Waals surface area contributed by atoms with Crippen molar-refractivity contribution in [2.45, 2.75) is 11.8 Å². The minimum Gasteiger partial charge on any atom is -0.295 e. The first-order valence-corrected chi connectivity index (χ1v) is 9.20. The SMILES string of the molecule is CC(=O)c1ccc(-c2c(-c3ccc(S(C)=O)cc3)n[nH]c2Cl)cc1. The van der Waals surface area contributed by atoms with E-state index in [-0.39, 0.29) is 5.78 Å². The zero-order chi connectivity index (χ0) is 17.3. The van der Waals surface area contributed by atoms with E-state index in [4.69, 9.17) is 11.6 Å². The third-order valence-electron chi connectivity index (χ3n) is 3.76. The van der Waals surface area contributed by atoms with Crippen LogP contribution < -0.4 is 0 Å². The summed E-state index contributed by atoms with van der Waals surface area (Å²) in [5, 5.41) is 7.53. The molecule has 0 radical (unpaired) electrons. The molecule has 0 fully saturated rings. The first-order valence-electron chi connectivity index (χ1n) is 7.26. The molecule has 0 aliphatic carbocycles. The third kappa shape index (κ3) is 3.18. The Kier molecular flexibility index (Phi) is 4.64. The van der Waals surface area contributed by atoms with Crippen molar-refractivity contribution < 1.29 is 9.00 Å². The number of hydrogen-bond acceptors (Lipinski definition) is 3. The number of nitrogens with zero attached hydrogens (tertiary/aromatic N) is 1. The molecule has 0 amide bonds. The van der Waals surface area contributed by atoms with Crippen LogP contribution in [0.2, 0.25) is 5.15 Å². The van der Waals surface area contributed by atoms with Crippen LogP contribution in [0.1, 0.15) is 17.3 Å². The number of nitrogens with one attached hydrogen (secondary N) is 1. The fourth-order valence-electron chi connectivity index (χ4n) is 2.47. The van der Waals surface area contributed by atoms with Gasteiger partial charge in [0.25, 0.3) is 0 Å². The minimum absolute atomic E-state index is 0.0169. The molecule has 1 unspecified atom stereocenters. The summed E-state index contributed by atoms with van der Waals surface area (Å²) in [4.78, 5) is 12.2. The predicted octanol–water partition coefficient (Wildman–Crippen LogP) is 4.34. The maximum absolute atomic E-state index is 11.5. The summed E-state index contributed by atoms with van der Waals surface area (Å²) in [6.07, 6.45) is 1.64. The number of benzene rings is 2. The van der Waals surface area contributed by atoms with Gasteiger partial charge in [-0.2, -0.15) is 5.10 Å². The summed E-state index contributed by atoms with van der Waals surface area (Å²) < 4.78 is 11.5. The van der Waals surface area contributed by atoms with Gasteiger partial charge in [0.2, 0.25) is 0 Å². The molecule has 6 heteroatoms. The van der Waals surface area contributed by atoms with Crippen molar-refractivity contribution in [3.05, 3.63) is 59.2 Å². The van der Waals surface area contributed by atoms with Gasteiger partial charge >= 0.3 is 0 Å². The van der Waals surface area contributed by atoms with Crippen LogP contribution in [0.5, 0.6) is 0 Å². The van der Waals surface area contributed by atoms with E-state index in [2.05, 4.69) is 10.2 Å². The van der Waals surface area contributed by atoms with E-state index >= 15 is 0 Å². The second kappa shape index (κ2) is 6.71. The Hall–Kier alpha value is -2.24. The Balaban J connectivity index is 2.05. The van der Waals surface area contributed by atoms with Gasteiger partial charge in [-0.15, -0.1) is 0 Å². The number of aromatic amines is 1. The van der Waals surface area contributed by atoms with Crippen LogP contribution in [-0.4, -0.2) is 26.4 Å². The van der Waals surface area contributed by atoms with Crippen molar-refractivity contribution in [3.63, 3.8) is 0 Å². The van der Waals surface area contributed by atoms with Gasteiger partial charge in [0.1, 0.15) is 10.8 Å².